The molecule has 18 heavy (non-hydrogen) atoms. The molecule has 2 aliphatic heterocycles. The van der Waals surface area contributed by atoms with Crippen molar-refractivity contribution in [3.63, 3.8) is 0 Å². The Labute approximate surface area is 112 Å². The SMILES string of the molecule is CN1C2CCC1CC(Nc1cccc(Cl)c1F)C2. The maximum absolute atomic E-state index is 13.8. The third kappa shape index (κ3) is 2.10. The summed E-state index contributed by atoms with van der Waals surface area (Å²) in [5.74, 6) is -0.328. The fraction of sp³-hybridized carbons (Fsp3) is 0.571. The molecule has 2 unspecified atom stereocenters. The molecule has 0 amide bonds. The van der Waals surface area contributed by atoms with E-state index in [-0.39, 0.29) is 10.8 Å². The second-order valence-electron chi connectivity index (χ2n) is 5.46. The second-order valence-corrected chi connectivity index (χ2v) is 5.87. The van der Waals surface area contributed by atoms with Crippen LogP contribution in [0.5, 0.6) is 0 Å². The van der Waals surface area contributed by atoms with Crippen molar-refractivity contribution in [1.29, 1.82) is 0 Å². The molecular weight excluding hydrogens is 251 g/mol. The molecule has 2 saturated heterocycles. The number of piperidine rings is 1. The van der Waals surface area contributed by atoms with Crippen molar-refractivity contribution in [2.24, 2.45) is 0 Å². The van der Waals surface area contributed by atoms with E-state index in [2.05, 4.69) is 17.3 Å². The molecule has 1 aromatic carbocycles. The van der Waals surface area contributed by atoms with E-state index in [9.17, 15) is 4.39 Å². The summed E-state index contributed by atoms with van der Waals surface area (Å²) in [6.45, 7) is 0. The van der Waals surface area contributed by atoms with E-state index < -0.39 is 0 Å². The zero-order chi connectivity index (χ0) is 12.7. The normalized spacial score (nSPS) is 31.6. The van der Waals surface area contributed by atoms with Crippen LogP contribution in [0.15, 0.2) is 18.2 Å². The molecule has 3 rings (SSSR count). The van der Waals surface area contributed by atoms with Gasteiger partial charge >= 0.3 is 0 Å². The Kier molecular flexibility index (Phi) is 3.20. The summed E-state index contributed by atoms with van der Waals surface area (Å²) in [5, 5.41) is 3.52. The molecule has 2 aliphatic rings. The lowest BCUT2D eigenvalue weighted by Crippen LogP contribution is -2.44. The summed E-state index contributed by atoms with van der Waals surface area (Å²) in [4.78, 5) is 2.48. The van der Waals surface area contributed by atoms with Gasteiger partial charge in [0.05, 0.1) is 10.7 Å². The maximum atomic E-state index is 13.8. The van der Waals surface area contributed by atoms with Gasteiger partial charge < -0.3 is 10.2 Å². The first-order chi connectivity index (χ1) is 8.65. The molecule has 2 bridgehead atoms. The van der Waals surface area contributed by atoms with Crippen LogP contribution in [-0.2, 0) is 0 Å². The molecule has 98 valence electrons. The Morgan fingerprint density at radius 1 is 1.28 bits per heavy atom. The Morgan fingerprint density at radius 3 is 2.61 bits per heavy atom. The molecule has 2 nitrogen and oxygen atoms in total. The average Bonchev–Trinajstić information content (AvgIpc) is 2.59. The predicted molar refractivity (Wildman–Crippen MR) is 72.6 cm³/mol. The lowest BCUT2D eigenvalue weighted by molar-refractivity contribution is 0.169. The van der Waals surface area contributed by atoms with E-state index >= 15 is 0 Å². The van der Waals surface area contributed by atoms with Crippen LogP contribution in [-0.4, -0.2) is 30.1 Å². The number of hydrogen-bond donors (Lipinski definition) is 1. The van der Waals surface area contributed by atoms with Crippen LogP contribution in [0.4, 0.5) is 10.1 Å². The smallest absolute Gasteiger partial charge is 0.164 e. The Hall–Kier alpha value is -0.800. The lowest BCUT2D eigenvalue weighted by Gasteiger charge is -2.37. The first kappa shape index (κ1) is 12.2. The number of fused-ring (bicyclic) bond motifs is 2. The van der Waals surface area contributed by atoms with Crippen LogP contribution in [0.1, 0.15) is 25.7 Å². The number of nitrogens with zero attached hydrogens (tertiary/aromatic N) is 1. The highest BCUT2D eigenvalue weighted by Crippen LogP contribution is 2.36. The van der Waals surface area contributed by atoms with Gasteiger partial charge in [-0.2, -0.15) is 0 Å². The zero-order valence-corrected chi connectivity index (χ0v) is 11.3. The molecule has 2 atom stereocenters. The van der Waals surface area contributed by atoms with Crippen molar-refractivity contribution in [2.45, 2.75) is 43.8 Å². The van der Waals surface area contributed by atoms with E-state index in [1.807, 2.05) is 0 Å². The topological polar surface area (TPSA) is 15.3 Å². The third-order valence-corrected chi connectivity index (χ3v) is 4.70. The highest BCUT2D eigenvalue weighted by Gasteiger charge is 2.38. The average molecular weight is 269 g/mol. The van der Waals surface area contributed by atoms with Crippen LogP contribution in [0.2, 0.25) is 5.02 Å². The van der Waals surface area contributed by atoms with E-state index in [4.69, 9.17) is 11.6 Å². The summed E-state index contributed by atoms with van der Waals surface area (Å²) < 4.78 is 13.8. The van der Waals surface area contributed by atoms with E-state index in [0.29, 0.717) is 23.8 Å². The minimum Gasteiger partial charge on any atom is -0.380 e. The largest absolute Gasteiger partial charge is 0.380 e. The summed E-state index contributed by atoms with van der Waals surface area (Å²) in [7, 11) is 2.21. The first-order valence-corrected chi connectivity index (χ1v) is 6.95. The van der Waals surface area contributed by atoms with Crippen molar-refractivity contribution >= 4 is 17.3 Å². The monoisotopic (exact) mass is 268 g/mol. The second kappa shape index (κ2) is 4.71. The minimum absolute atomic E-state index is 0.191. The first-order valence-electron chi connectivity index (χ1n) is 6.57. The van der Waals surface area contributed by atoms with Crippen LogP contribution in [0, 0.1) is 5.82 Å². The molecule has 2 fully saturated rings. The molecular formula is C14H18ClFN2. The van der Waals surface area contributed by atoms with Crippen LogP contribution >= 0.6 is 11.6 Å². The zero-order valence-electron chi connectivity index (χ0n) is 10.5. The molecule has 0 aromatic heterocycles. The molecule has 0 saturated carbocycles. The van der Waals surface area contributed by atoms with Gasteiger partial charge in [0.15, 0.2) is 5.82 Å². The van der Waals surface area contributed by atoms with Gasteiger partial charge in [-0.05, 0) is 44.9 Å². The highest BCUT2D eigenvalue weighted by atomic mass is 35.5. The number of hydrogen-bond acceptors (Lipinski definition) is 2. The maximum Gasteiger partial charge on any atom is 0.164 e. The summed E-state index contributed by atoms with van der Waals surface area (Å²) in [5.41, 5.74) is 0.538. The number of halogens is 2. The van der Waals surface area contributed by atoms with Crippen molar-refractivity contribution in [2.75, 3.05) is 12.4 Å². The van der Waals surface area contributed by atoms with Gasteiger partial charge in [0.2, 0.25) is 0 Å². The van der Waals surface area contributed by atoms with Crippen LogP contribution in [0.3, 0.4) is 0 Å². The van der Waals surface area contributed by atoms with Gasteiger partial charge in [-0.3, -0.25) is 0 Å². The van der Waals surface area contributed by atoms with Gasteiger partial charge in [-0.25, -0.2) is 4.39 Å². The van der Waals surface area contributed by atoms with Crippen molar-refractivity contribution < 1.29 is 4.39 Å². The van der Waals surface area contributed by atoms with Crippen molar-refractivity contribution in [3.8, 4) is 0 Å². The minimum atomic E-state index is -0.328. The lowest BCUT2D eigenvalue weighted by atomic mass is 9.98. The Bertz CT molecular complexity index is 437. The quantitative estimate of drug-likeness (QED) is 0.883. The van der Waals surface area contributed by atoms with Crippen molar-refractivity contribution in [3.05, 3.63) is 29.0 Å². The number of benzene rings is 1. The van der Waals surface area contributed by atoms with Gasteiger partial charge in [0, 0.05) is 18.1 Å². The fourth-order valence-electron chi connectivity index (χ4n) is 3.36. The number of rotatable bonds is 2. The van der Waals surface area contributed by atoms with Gasteiger partial charge in [-0.1, -0.05) is 17.7 Å². The van der Waals surface area contributed by atoms with Crippen LogP contribution in [0.25, 0.3) is 0 Å². The third-order valence-electron chi connectivity index (χ3n) is 4.41. The fourth-order valence-corrected chi connectivity index (χ4v) is 3.54. The molecule has 0 aliphatic carbocycles. The summed E-state index contributed by atoms with van der Waals surface area (Å²) in [6, 6.07) is 6.82. The summed E-state index contributed by atoms with van der Waals surface area (Å²) >= 11 is 5.80. The number of anilines is 1. The Balaban J connectivity index is 1.72. The molecule has 4 heteroatoms. The standard InChI is InChI=1S/C14H18ClFN2/c1-18-10-5-6-11(18)8-9(7-10)17-13-4-2-3-12(15)14(13)16/h2-4,9-11,17H,5-8H2,1H3. The van der Waals surface area contributed by atoms with Crippen LogP contribution < -0.4 is 5.32 Å². The summed E-state index contributed by atoms with van der Waals surface area (Å²) in [6.07, 6.45) is 4.74. The van der Waals surface area contributed by atoms with E-state index in [0.717, 1.165) is 12.8 Å². The Morgan fingerprint density at radius 2 is 1.94 bits per heavy atom. The molecule has 1 N–H and O–H groups in total. The molecule has 1 aromatic rings. The van der Waals surface area contributed by atoms with E-state index in [1.165, 1.54) is 12.8 Å². The molecule has 0 spiro atoms. The molecule has 2 heterocycles. The van der Waals surface area contributed by atoms with Crippen molar-refractivity contribution in [1.82, 2.24) is 4.90 Å². The van der Waals surface area contributed by atoms with Gasteiger partial charge in [-0.15, -0.1) is 0 Å². The predicted octanol–water partition coefficient (Wildman–Crippen LogP) is 3.52. The molecule has 0 radical (unpaired) electrons. The highest BCUT2D eigenvalue weighted by molar-refractivity contribution is 6.31. The van der Waals surface area contributed by atoms with Gasteiger partial charge in [0.1, 0.15) is 0 Å². The van der Waals surface area contributed by atoms with E-state index in [1.54, 1.807) is 18.2 Å². The number of nitrogens with one attached hydrogen (secondary N) is 1. The van der Waals surface area contributed by atoms with Gasteiger partial charge in [0.25, 0.3) is 0 Å².